The molecule has 0 atom stereocenters. The quantitative estimate of drug-likeness (QED) is 0.662. The topological polar surface area (TPSA) is 105 Å². The molecule has 1 aromatic carbocycles. The van der Waals surface area contributed by atoms with Gasteiger partial charge in [-0.1, -0.05) is 0 Å². The monoisotopic (exact) mass is 291 g/mol. The number of aromatic carboxylic acids is 1. The summed E-state index contributed by atoms with van der Waals surface area (Å²) >= 11 is 0. The van der Waals surface area contributed by atoms with Gasteiger partial charge in [0.15, 0.2) is 0 Å². The zero-order valence-electron chi connectivity index (χ0n) is 10.8. The Labute approximate surface area is 118 Å². The third kappa shape index (κ3) is 3.11. The van der Waals surface area contributed by atoms with Crippen LogP contribution in [0.15, 0.2) is 30.5 Å². The van der Waals surface area contributed by atoms with Crippen molar-refractivity contribution in [3.8, 4) is 0 Å². The normalized spacial score (nSPS) is 10.2. The van der Waals surface area contributed by atoms with Crippen LogP contribution in [0.3, 0.4) is 0 Å². The van der Waals surface area contributed by atoms with Gasteiger partial charge >= 0.3 is 5.97 Å². The Morgan fingerprint density at radius 2 is 2.14 bits per heavy atom. The largest absolute Gasteiger partial charge is 0.478 e. The third-order valence-electron chi connectivity index (χ3n) is 2.74. The van der Waals surface area contributed by atoms with Crippen molar-refractivity contribution in [2.75, 3.05) is 5.32 Å². The molecule has 1 aromatic heterocycles. The maximum atomic E-state index is 13.5. The number of aromatic nitrogens is 1. The number of hydrogen-bond donors (Lipinski definition) is 2. The van der Waals surface area contributed by atoms with E-state index in [4.69, 9.17) is 5.11 Å². The summed E-state index contributed by atoms with van der Waals surface area (Å²) in [6.07, 6.45) is 1.32. The lowest BCUT2D eigenvalue weighted by Gasteiger charge is -2.07. The van der Waals surface area contributed by atoms with E-state index in [0.29, 0.717) is 5.56 Å². The second kappa shape index (κ2) is 5.53. The average Bonchev–Trinajstić information content (AvgIpc) is 2.40. The van der Waals surface area contributed by atoms with Gasteiger partial charge in [0.1, 0.15) is 11.6 Å². The average molecular weight is 291 g/mol. The van der Waals surface area contributed by atoms with Crippen molar-refractivity contribution in [1.29, 1.82) is 0 Å². The summed E-state index contributed by atoms with van der Waals surface area (Å²) in [6.45, 7) is 1.55. The summed E-state index contributed by atoms with van der Waals surface area (Å²) in [7, 11) is 0. The predicted molar refractivity (Wildman–Crippen MR) is 72.3 cm³/mol. The fourth-order valence-electron chi connectivity index (χ4n) is 1.69. The Hall–Kier alpha value is -3.03. The molecule has 2 N–H and O–H groups in total. The van der Waals surface area contributed by atoms with Crippen molar-refractivity contribution in [3.05, 3.63) is 57.5 Å². The van der Waals surface area contributed by atoms with Crippen LogP contribution >= 0.6 is 0 Å². The van der Waals surface area contributed by atoms with Crippen LogP contribution in [0, 0.1) is 22.9 Å². The number of nitro groups is 1. The summed E-state index contributed by atoms with van der Waals surface area (Å²) in [5, 5.41) is 22.2. The zero-order valence-corrected chi connectivity index (χ0v) is 10.8. The summed E-state index contributed by atoms with van der Waals surface area (Å²) in [5.74, 6) is -2.12. The number of hydrogen-bond acceptors (Lipinski definition) is 5. The fourth-order valence-corrected chi connectivity index (χ4v) is 1.69. The van der Waals surface area contributed by atoms with Crippen LogP contribution in [0.4, 0.5) is 21.6 Å². The summed E-state index contributed by atoms with van der Waals surface area (Å²) in [5.41, 5.74) is 0.0691. The highest BCUT2D eigenvalue weighted by Gasteiger charge is 2.14. The molecule has 0 spiro atoms. The van der Waals surface area contributed by atoms with Crippen LogP contribution in [0.5, 0.6) is 0 Å². The van der Waals surface area contributed by atoms with E-state index >= 15 is 0 Å². The van der Waals surface area contributed by atoms with E-state index in [-0.39, 0.29) is 17.2 Å². The van der Waals surface area contributed by atoms with Gasteiger partial charge in [-0.2, -0.15) is 0 Å². The van der Waals surface area contributed by atoms with Crippen molar-refractivity contribution in [2.24, 2.45) is 0 Å². The number of carbonyl (C=O) groups is 1. The molecule has 0 aliphatic rings. The van der Waals surface area contributed by atoms with Crippen LogP contribution in [-0.4, -0.2) is 21.0 Å². The van der Waals surface area contributed by atoms with Gasteiger partial charge in [-0.3, -0.25) is 10.1 Å². The number of nitrogens with zero attached hydrogens (tertiary/aromatic N) is 2. The maximum Gasteiger partial charge on any atom is 0.338 e. The van der Waals surface area contributed by atoms with Crippen molar-refractivity contribution in [1.82, 2.24) is 4.98 Å². The van der Waals surface area contributed by atoms with Crippen molar-refractivity contribution < 1.29 is 19.2 Å². The first kappa shape index (κ1) is 14.4. The standard InChI is InChI=1S/C13H10FN3O4/c1-7-6-15-12(5-11(7)17(20)21)16-8-2-3-9(13(18)19)10(14)4-8/h2-6H,1H3,(H,15,16)(H,18,19). The molecule has 108 valence electrons. The minimum atomic E-state index is -1.37. The van der Waals surface area contributed by atoms with Gasteiger partial charge in [0.2, 0.25) is 0 Å². The third-order valence-corrected chi connectivity index (χ3v) is 2.74. The van der Waals surface area contributed by atoms with Crippen molar-refractivity contribution in [2.45, 2.75) is 6.92 Å². The molecule has 2 aromatic rings. The van der Waals surface area contributed by atoms with E-state index in [1.807, 2.05) is 0 Å². The number of nitrogens with one attached hydrogen (secondary N) is 1. The summed E-state index contributed by atoms with van der Waals surface area (Å²) in [6, 6.07) is 4.65. The Morgan fingerprint density at radius 3 is 2.71 bits per heavy atom. The van der Waals surface area contributed by atoms with Crippen LogP contribution in [-0.2, 0) is 0 Å². The number of rotatable bonds is 4. The molecule has 21 heavy (non-hydrogen) atoms. The molecule has 0 bridgehead atoms. The minimum Gasteiger partial charge on any atom is -0.478 e. The second-order valence-electron chi connectivity index (χ2n) is 4.24. The molecule has 0 aliphatic carbocycles. The van der Waals surface area contributed by atoms with Gasteiger partial charge in [0.25, 0.3) is 5.69 Å². The van der Waals surface area contributed by atoms with E-state index in [1.54, 1.807) is 6.92 Å². The summed E-state index contributed by atoms with van der Waals surface area (Å²) in [4.78, 5) is 24.9. The van der Waals surface area contributed by atoms with E-state index in [0.717, 1.165) is 12.1 Å². The highest BCUT2D eigenvalue weighted by molar-refractivity contribution is 5.88. The molecule has 7 nitrogen and oxygen atoms in total. The smallest absolute Gasteiger partial charge is 0.338 e. The molecule has 2 rings (SSSR count). The van der Waals surface area contributed by atoms with E-state index in [9.17, 15) is 19.3 Å². The fraction of sp³-hybridized carbons (Fsp3) is 0.0769. The molecule has 0 aliphatic heterocycles. The Balaban J connectivity index is 2.30. The number of carboxylic acids is 1. The molecule has 0 saturated heterocycles. The van der Waals surface area contributed by atoms with Crippen LogP contribution in [0.25, 0.3) is 0 Å². The zero-order chi connectivity index (χ0) is 15.6. The highest BCUT2D eigenvalue weighted by atomic mass is 19.1. The molecule has 0 fully saturated rings. The number of anilines is 2. The maximum absolute atomic E-state index is 13.5. The van der Waals surface area contributed by atoms with E-state index < -0.39 is 22.3 Å². The molecule has 1 heterocycles. The van der Waals surface area contributed by atoms with Gasteiger partial charge < -0.3 is 10.4 Å². The lowest BCUT2D eigenvalue weighted by Crippen LogP contribution is -2.02. The lowest BCUT2D eigenvalue weighted by molar-refractivity contribution is -0.385. The van der Waals surface area contributed by atoms with Crippen molar-refractivity contribution in [3.63, 3.8) is 0 Å². The first-order valence-electron chi connectivity index (χ1n) is 5.79. The molecule has 0 unspecified atom stereocenters. The Morgan fingerprint density at radius 1 is 1.43 bits per heavy atom. The van der Waals surface area contributed by atoms with Crippen LogP contribution in [0.1, 0.15) is 15.9 Å². The molecular weight excluding hydrogens is 281 g/mol. The Kier molecular flexibility index (Phi) is 3.79. The van der Waals surface area contributed by atoms with Crippen molar-refractivity contribution >= 4 is 23.2 Å². The molecule has 0 radical (unpaired) electrons. The van der Waals surface area contributed by atoms with Crippen LogP contribution < -0.4 is 5.32 Å². The molecular formula is C13H10FN3O4. The number of halogens is 1. The van der Waals surface area contributed by atoms with E-state index in [2.05, 4.69) is 10.3 Å². The number of aryl methyl sites for hydroxylation is 1. The van der Waals surface area contributed by atoms with E-state index in [1.165, 1.54) is 18.3 Å². The van der Waals surface area contributed by atoms with Gasteiger partial charge in [-0.25, -0.2) is 14.2 Å². The predicted octanol–water partition coefficient (Wildman–Crippen LogP) is 2.88. The number of carboxylic acid groups (broad SMARTS) is 1. The van der Waals surface area contributed by atoms with Crippen LogP contribution in [0.2, 0.25) is 0 Å². The second-order valence-corrected chi connectivity index (χ2v) is 4.24. The highest BCUT2D eigenvalue weighted by Crippen LogP contribution is 2.23. The number of benzene rings is 1. The van der Waals surface area contributed by atoms with Gasteiger partial charge in [-0.05, 0) is 25.1 Å². The molecule has 8 heteroatoms. The van der Waals surface area contributed by atoms with Gasteiger partial charge in [-0.15, -0.1) is 0 Å². The Bertz CT molecular complexity index is 733. The molecule has 0 saturated carbocycles. The lowest BCUT2D eigenvalue weighted by atomic mass is 10.2. The summed E-state index contributed by atoms with van der Waals surface area (Å²) < 4.78 is 13.5. The SMILES string of the molecule is Cc1cnc(Nc2ccc(C(=O)O)c(F)c2)cc1[N+](=O)[O-]. The first-order chi connectivity index (χ1) is 9.88. The van der Waals surface area contributed by atoms with Gasteiger partial charge in [0, 0.05) is 17.4 Å². The minimum absolute atomic E-state index is 0.116. The molecule has 0 amide bonds. The van der Waals surface area contributed by atoms with Gasteiger partial charge in [0.05, 0.1) is 16.6 Å². The number of pyridine rings is 1. The first-order valence-corrected chi connectivity index (χ1v) is 5.79.